The molecule has 0 bridgehead atoms. The second-order valence-electron chi connectivity index (χ2n) is 4.16. The Morgan fingerprint density at radius 3 is 2.65 bits per heavy atom. The fourth-order valence-corrected chi connectivity index (χ4v) is 2.22. The number of anilines is 2. The van der Waals surface area contributed by atoms with Gasteiger partial charge in [0.25, 0.3) is 0 Å². The summed E-state index contributed by atoms with van der Waals surface area (Å²) in [7, 11) is 2.03. The van der Waals surface area contributed by atoms with Crippen molar-refractivity contribution in [1.82, 2.24) is 4.98 Å². The Kier molecular flexibility index (Phi) is 3.48. The lowest BCUT2D eigenvalue weighted by Gasteiger charge is -2.20. The van der Waals surface area contributed by atoms with E-state index in [1.165, 1.54) is 11.1 Å². The van der Waals surface area contributed by atoms with E-state index in [0.717, 1.165) is 16.0 Å². The highest BCUT2D eigenvalue weighted by atomic mass is 79.9. The first-order valence-corrected chi connectivity index (χ1v) is 6.30. The van der Waals surface area contributed by atoms with Crippen LogP contribution in [0, 0.1) is 13.8 Å². The molecule has 0 saturated heterocycles. The van der Waals surface area contributed by atoms with Gasteiger partial charge in [-0.05, 0) is 59.1 Å². The van der Waals surface area contributed by atoms with Crippen molar-refractivity contribution < 1.29 is 0 Å². The summed E-state index contributed by atoms with van der Waals surface area (Å²) < 4.78 is 1.05. The lowest BCUT2D eigenvalue weighted by molar-refractivity contribution is 1.10. The maximum Gasteiger partial charge on any atom is 0.147 e. The van der Waals surface area contributed by atoms with Crippen molar-refractivity contribution in [2.75, 3.05) is 11.9 Å². The highest BCUT2D eigenvalue weighted by Crippen LogP contribution is 2.30. The molecule has 2 nitrogen and oxygen atoms in total. The topological polar surface area (TPSA) is 16.1 Å². The van der Waals surface area contributed by atoms with Crippen LogP contribution in [0.4, 0.5) is 11.5 Å². The molecule has 0 aliphatic rings. The zero-order valence-electron chi connectivity index (χ0n) is 10.2. The van der Waals surface area contributed by atoms with Crippen LogP contribution in [0.15, 0.2) is 41.0 Å². The van der Waals surface area contributed by atoms with E-state index in [9.17, 15) is 0 Å². The molecule has 0 N–H and O–H groups in total. The van der Waals surface area contributed by atoms with E-state index in [4.69, 9.17) is 0 Å². The largest absolute Gasteiger partial charge is 0.329 e. The smallest absolute Gasteiger partial charge is 0.147 e. The van der Waals surface area contributed by atoms with Gasteiger partial charge < -0.3 is 4.90 Å². The predicted octanol–water partition coefficient (Wildman–Crippen LogP) is 4.23. The van der Waals surface area contributed by atoms with Gasteiger partial charge in [0.2, 0.25) is 0 Å². The monoisotopic (exact) mass is 290 g/mol. The first kappa shape index (κ1) is 12.1. The molecule has 3 heteroatoms. The van der Waals surface area contributed by atoms with Gasteiger partial charge >= 0.3 is 0 Å². The molecule has 1 aromatic carbocycles. The van der Waals surface area contributed by atoms with E-state index in [1.807, 2.05) is 19.3 Å². The molecule has 0 unspecified atom stereocenters. The molecule has 0 aliphatic heterocycles. The third-order valence-corrected chi connectivity index (χ3v) is 3.75. The maximum absolute atomic E-state index is 4.42. The lowest BCUT2D eigenvalue weighted by atomic mass is 10.2. The zero-order chi connectivity index (χ0) is 12.4. The zero-order valence-corrected chi connectivity index (χ0v) is 11.8. The molecule has 0 atom stereocenters. The van der Waals surface area contributed by atoms with Gasteiger partial charge in [-0.1, -0.05) is 12.1 Å². The molecule has 0 radical (unpaired) electrons. The quantitative estimate of drug-likeness (QED) is 0.823. The van der Waals surface area contributed by atoms with Crippen molar-refractivity contribution in [3.63, 3.8) is 0 Å². The van der Waals surface area contributed by atoms with Crippen LogP contribution in [0.25, 0.3) is 0 Å². The maximum atomic E-state index is 4.42. The molecule has 0 fully saturated rings. The number of halogens is 1. The summed E-state index contributed by atoms with van der Waals surface area (Å²) in [6.07, 6.45) is 1.84. The Bertz CT molecular complexity index is 537. The summed E-state index contributed by atoms with van der Waals surface area (Å²) >= 11 is 3.59. The van der Waals surface area contributed by atoms with Crippen molar-refractivity contribution in [2.24, 2.45) is 0 Å². The molecule has 2 aromatic rings. The number of aromatic nitrogens is 1. The molecular weight excluding hydrogens is 276 g/mol. The highest BCUT2D eigenvalue weighted by molar-refractivity contribution is 9.10. The van der Waals surface area contributed by atoms with Crippen molar-refractivity contribution in [3.8, 4) is 0 Å². The number of hydrogen-bond acceptors (Lipinski definition) is 2. The Labute approximate surface area is 110 Å². The number of nitrogens with zero attached hydrogens (tertiary/aromatic N) is 2. The second kappa shape index (κ2) is 4.88. The number of benzene rings is 1. The van der Waals surface area contributed by atoms with Gasteiger partial charge in [-0.3, -0.25) is 0 Å². The molecule has 17 heavy (non-hydrogen) atoms. The molecule has 0 spiro atoms. The fraction of sp³-hybridized carbons (Fsp3) is 0.214. The normalized spacial score (nSPS) is 10.4. The number of aryl methyl sites for hydroxylation is 2. The SMILES string of the molecule is Cc1cccc(N(C)c2nccc(C)c2Br)c1. The van der Waals surface area contributed by atoms with Crippen LogP contribution in [0.2, 0.25) is 0 Å². The lowest BCUT2D eigenvalue weighted by Crippen LogP contribution is -2.12. The predicted molar refractivity (Wildman–Crippen MR) is 75.9 cm³/mol. The van der Waals surface area contributed by atoms with E-state index < -0.39 is 0 Å². The van der Waals surface area contributed by atoms with Gasteiger partial charge in [0.05, 0.1) is 4.47 Å². The van der Waals surface area contributed by atoms with Crippen LogP contribution in [0.3, 0.4) is 0 Å². The number of rotatable bonds is 2. The van der Waals surface area contributed by atoms with E-state index >= 15 is 0 Å². The van der Waals surface area contributed by atoms with Crippen molar-refractivity contribution in [1.29, 1.82) is 0 Å². The summed E-state index contributed by atoms with van der Waals surface area (Å²) in [4.78, 5) is 6.51. The summed E-state index contributed by atoms with van der Waals surface area (Å²) in [5, 5.41) is 0. The second-order valence-corrected chi connectivity index (χ2v) is 4.96. The molecule has 1 aromatic heterocycles. The van der Waals surface area contributed by atoms with Crippen LogP contribution < -0.4 is 4.90 Å². The third-order valence-electron chi connectivity index (χ3n) is 2.77. The molecular formula is C14H15BrN2. The average Bonchev–Trinajstić information content (AvgIpc) is 2.32. The summed E-state index contributed by atoms with van der Waals surface area (Å²) in [5.74, 6) is 0.940. The van der Waals surface area contributed by atoms with E-state index in [2.05, 4.69) is 63.9 Å². The van der Waals surface area contributed by atoms with Gasteiger partial charge in [-0.25, -0.2) is 4.98 Å². The van der Waals surface area contributed by atoms with E-state index in [1.54, 1.807) is 0 Å². The Morgan fingerprint density at radius 1 is 1.18 bits per heavy atom. The Morgan fingerprint density at radius 2 is 1.94 bits per heavy atom. The third kappa shape index (κ3) is 2.50. The summed E-state index contributed by atoms with van der Waals surface area (Å²) in [5.41, 5.74) is 3.58. The Hall–Kier alpha value is -1.35. The van der Waals surface area contributed by atoms with E-state index in [-0.39, 0.29) is 0 Å². The molecule has 0 saturated carbocycles. The van der Waals surface area contributed by atoms with Gasteiger partial charge in [0.15, 0.2) is 0 Å². The minimum atomic E-state index is 0.940. The fourth-order valence-electron chi connectivity index (χ4n) is 1.72. The van der Waals surface area contributed by atoms with Crippen molar-refractivity contribution >= 4 is 27.4 Å². The molecule has 0 aliphatic carbocycles. The van der Waals surface area contributed by atoms with E-state index in [0.29, 0.717) is 0 Å². The van der Waals surface area contributed by atoms with Gasteiger partial charge in [0.1, 0.15) is 5.82 Å². The number of pyridine rings is 1. The van der Waals surface area contributed by atoms with Crippen LogP contribution in [0.5, 0.6) is 0 Å². The minimum Gasteiger partial charge on any atom is -0.329 e. The van der Waals surface area contributed by atoms with Crippen molar-refractivity contribution in [2.45, 2.75) is 13.8 Å². The summed E-state index contributed by atoms with van der Waals surface area (Å²) in [6.45, 7) is 4.16. The average molecular weight is 291 g/mol. The number of hydrogen-bond donors (Lipinski definition) is 0. The Balaban J connectivity index is 2.44. The molecule has 2 rings (SSSR count). The van der Waals surface area contributed by atoms with Gasteiger partial charge in [-0.15, -0.1) is 0 Å². The summed E-state index contributed by atoms with van der Waals surface area (Å²) in [6, 6.07) is 10.4. The minimum absolute atomic E-state index is 0.940. The first-order valence-electron chi connectivity index (χ1n) is 5.51. The van der Waals surface area contributed by atoms with Gasteiger partial charge in [0, 0.05) is 18.9 Å². The van der Waals surface area contributed by atoms with Crippen molar-refractivity contribution in [3.05, 3.63) is 52.1 Å². The van der Waals surface area contributed by atoms with Crippen LogP contribution in [-0.4, -0.2) is 12.0 Å². The molecule has 88 valence electrons. The van der Waals surface area contributed by atoms with Crippen LogP contribution in [0.1, 0.15) is 11.1 Å². The molecule has 1 heterocycles. The highest BCUT2D eigenvalue weighted by Gasteiger charge is 2.10. The van der Waals surface area contributed by atoms with Gasteiger partial charge in [-0.2, -0.15) is 0 Å². The van der Waals surface area contributed by atoms with Crippen LogP contribution >= 0.6 is 15.9 Å². The molecule has 0 amide bonds. The first-order chi connectivity index (χ1) is 8.09. The standard InChI is InChI=1S/C14H15BrN2/c1-10-5-4-6-12(9-10)17(3)14-13(15)11(2)7-8-16-14/h4-9H,1-3H3. The van der Waals surface area contributed by atoms with Crippen LogP contribution in [-0.2, 0) is 0 Å².